The summed E-state index contributed by atoms with van der Waals surface area (Å²) in [7, 11) is 0. The van der Waals surface area contributed by atoms with Gasteiger partial charge in [0.25, 0.3) is 0 Å². The Morgan fingerprint density at radius 2 is 1.70 bits per heavy atom. The van der Waals surface area contributed by atoms with Crippen molar-refractivity contribution < 1.29 is 9.53 Å². The van der Waals surface area contributed by atoms with Crippen LogP contribution in [0.1, 0.15) is 34.6 Å². The van der Waals surface area contributed by atoms with Crippen molar-refractivity contribution in [3.63, 3.8) is 0 Å². The van der Waals surface area contributed by atoms with E-state index in [1.165, 1.54) is 5.56 Å². The molecule has 4 heteroatoms. The van der Waals surface area contributed by atoms with Crippen LogP contribution in [-0.2, 0) is 10.2 Å². The zero-order chi connectivity index (χ0) is 13.8. The van der Waals surface area contributed by atoms with Gasteiger partial charge in [0.1, 0.15) is 5.82 Å². The first-order valence-corrected chi connectivity index (χ1v) is 6.76. The van der Waals surface area contributed by atoms with Gasteiger partial charge in [-0.15, -0.1) is 0 Å². The Morgan fingerprint density at radius 1 is 1.05 bits per heavy atom. The topological polar surface area (TPSA) is 52.1 Å². The summed E-state index contributed by atoms with van der Waals surface area (Å²) in [6.07, 6.45) is 5.67. The van der Waals surface area contributed by atoms with Gasteiger partial charge in [0, 0.05) is 25.6 Å². The first-order chi connectivity index (χ1) is 9.85. The molecule has 1 aliphatic heterocycles. The van der Waals surface area contributed by atoms with Crippen LogP contribution in [0.5, 0.6) is 0 Å². The molecule has 0 unspecified atom stereocenters. The van der Waals surface area contributed by atoms with Crippen molar-refractivity contribution in [1.29, 1.82) is 0 Å². The van der Waals surface area contributed by atoms with Gasteiger partial charge in [0.15, 0.2) is 6.29 Å². The third-order valence-corrected chi connectivity index (χ3v) is 3.91. The number of hydrogen-bond donors (Lipinski definition) is 0. The van der Waals surface area contributed by atoms with E-state index < -0.39 is 0 Å². The predicted molar refractivity (Wildman–Crippen MR) is 74.7 cm³/mol. The summed E-state index contributed by atoms with van der Waals surface area (Å²) in [4.78, 5) is 19.6. The molecule has 2 aromatic rings. The van der Waals surface area contributed by atoms with Gasteiger partial charge in [-0.2, -0.15) is 0 Å². The van der Waals surface area contributed by atoms with E-state index in [4.69, 9.17) is 4.74 Å². The average molecular weight is 268 g/mol. The predicted octanol–water partition coefficient (Wildman–Crippen LogP) is 2.39. The monoisotopic (exact) mass is 268 g/mol. The Bertz CT molecular complexity index is 575. The second-order valence-electron chi connectivity index (χ2n) is 5.02. The number of carbonyl (C=O) groups is 1. The lowest BCUT2D eigenvalue weighted by Crippen LogP contribution is -2.36. The molecular weight excluding hydrogens is 252 g/mol. The summed E-state index contributed by atoms with van der Waals surface area (Å²) in [5, 5.41) is 0. The highest BCUT2D eigenvalue weighted by Gasteiger charge is 2.38. The highest BCUT2D eigenvalue weighted by Crippen LogP contribution is 2.39. The third kappa shape index (κ3) is 2.23. The molecule has 2 heterocycles. The van der Waals surface area contributed by atoms with Crippen LogP contribution in [0.2, 0.25) is 0 Å². The number of nitrogens with zero attached hydrogens (tertiary/aromatic N) is 2. The minimum atomic E-state index is -0.207. The number of hydrogen-bond acceptors (Lipinski definition) is 4. The highest BCUT2D eigenvalue weighted by atomic mass is 16.5. The first kappa shape index (κ1) is 12.9. The lowest BCUT2D eigenvalue weighted by atomic mass is 9.73. The Kier molecular flexibility index (Phi) is 3.56. The molecule has 1 aliphatic rings. The largest absolute Gasteiger partial charge is 0.381 e. The molecule has 102 valence electrons. The fourth-order valence-corrected chi connectivity index (χ4v) is 2.76. The Balaban J connectivity index is 2.07. The van der Waals surface area contributed by atoms with Gasteiger partial charge in [-0.05, 0) is 18.4 Å². The first-order valence-electron chi connectivity index (χ1n) is 6.76. The second kappa shape index (κ2) is 5.51. The van der Waals surface area contributed by atoms with E-state index in [-0.39, 0.29) is 5.41 Å². The molecule has 3 rings (SSSR count). The molecule has 0 radical (unpaired) electrons. The Morgan fingerprint density at radius 3 is 2.30 bits per heavy atom. The summed E-state index contributed by atoms with van der Waals surface area (Å²) < 4.78 is 5.50. The average Bonchev–Trinajstić information content (AvgIpc) is 2.56. The van der Waals surface area contributed by atoms with Crippen molar-refractivity contribution in [2.45, 2.75) is 18.3 Å². The van der Waals surface area contributed by atoms with Crippen molar-refractivity contribution >= 4 is 6.29 Å². The van der Waals surface area contributed by atoms with Gasteiger partial charge < -0.3 is 4.74 Å². The normalized spacial score (nSPS) is 17.6. The smallest absolute Gasteiger partial charge is 0.153 e. The maximum atomic E-state index is 10.7. The van der Waals surface area contributed by atoms with Crippen molar-refractivity contribution in [3.8, 4) is 0 Å². The molecule has 0 aliphatic carbocycles. The quantitative estimate of drug-likeness (QED) is 0.802. The number of carbonyl (C=O) groups excluding carboxylic acids is 1. The molecule has 1 aromatic carbocycles. The van der Waals surface area contributed by atoms with Gasteiger partial charge in [0.05, 0.1) is 11.0 Å². The van der Waals surface area contributed by atoms with Gasteiger partial charge in [0.2, 0.25) is 0 Å². The molecular formula is C16H16N2O2. The lowest BCUT2D eigenvalue weighted by molar-refractivity contribution is 0.0604. The van der Waals surface area contributed by atoms with E-state index in [0.29, 0.717) is 18.8 Å². The summed E-state index contributed by atoms with van der Waals surface area (Å²) in [6, 6.07) is 10.3. The molecule has 20 heavy (non-hydrogen) atoms. The number of aldehydes is 1. The third-order valence-electron chi connectivity index (χ3n) is 3.91. The number of benzene rings is 1. The summed E-state index contributed by atoms with van der Waals surface area (Å²) in [5.41, 5.74) is 1.51. The summed E-state index contributed by atoms with van der Waals surface area (Å²) in [6.45, 7) is 1.40. The van der Waals surface area contributed by atoms with Crippen LogP contribution < -0.4 is 0 Å². The Labute approximate surface area is 117 Å². The van der Waals surface area contributed by atoms with E-state index in [1.54, 1.807) is 12.4 Å². The van der Waals surface area contributed by atoms with Crippen molar-refractivity contribution in [1.82, 2.24) is 9.97 Å². The zero-order valence-electron chi connectivity index (χ0n) is 11.2. The van der Waals surface area contributed by atoms with Gasteiger partial charge >= 0.3 is 0 Å². The fraction of sp³-hybridized carbons (Fsp3) is 0.312. The van der Waals surface area contributed by atoms with E-state index in [1.807, 2.05) is 18.2 Å². The van der Waals surface area contributed by atoms with Crippen LogP contribution in [-0.4, -0.2) is 29.5 Å². The zero-order valence-corrected chi connectivity index (χ0v) is 11.2. The molecule has 0 amide bonds. The fourth-order valence-electron chi connectivity index (χ4n) is 2.76. The number of aromatic nitrogens is 2. The van der Waals surface area contributed by atoms with Gasteiger partial charge in [-0.25, -0.2) is 9.97 Å². The molecule has 1 fully saturated rings. The molecule has 1 saturated heterocycles. The van der Waals surface area contributed by atoms with Gasteiger partial charge in [-0.1, -0.05) is 30.3 Å². The van der Waals surface area contributed by atoms with Crippen molar-refractivity contribution in [2.75, 3.05) is 13.2 Å². The number of ether oxygens (including phenoxy) is 1. The molecule has 0 N–H and O–H groups in total. The van der Waals surface area contributed by atoms with Crippen LogP contribution >= 0.6 is 0 Å². The van der Waals surface area contributed by atoms with E-state index >= 15 is 0 Å². The standard InChI is InChI=1S/C16H16N2O2/c19-12-13-10-17-15(18-11-13)16(6-8-20-9-7-16)14-4-2-1-3-5-14/h1-5,10-12H,6-9H2. The molecule has 1 aromatic heterocycles. The van der Waals surface area contributed by atoms with Crippen LogP contribution in [0.4, 0.5) is 0 Å². The van der Waals surface area contributed by atoms with Crippen LogP contribution in [0.15, 0.2) is 42.7 Å². The van der Waals surface area contributed by atoms with E-state index in [2.05, 4.69) is 22.1 Å². The van der Waals surface area contributed by atoms with Gasteiger partial charge in [-0.3, -0.25) is 4.79 Å². The van der Waals surface area contributed by atoms with E-state index in [0.717, 1.165) is 25.0 Å². The van der Waals surface area contributed by atoms with E-state index in [9.17, 15) is 4.79 Å². The second-order valence-corrected chi connectivity index (χ2v) is 5.02. The van der Waals surface area contributed by atoms with Crippen LogP contribution in [0.25, 0.3) is 0 Å². The SMILES string of the molecule is O=Cc1cnc(C2(c3ccccc3)CCOCC2)nc1. The molecule has 0 spiro atoms. The molecule has 0 saturated carbocycles. The Hall–Kier alpha value is -2.07. The van der Waals surface area contributed by atoms with Crippen molar-refractivity contribution in [3.05, 3.63) is 59.7 Å². The van der Waals surface area contributed by atoms with Crippen LogP contribution in [0.3, 0.4) is 0 Å². The lowest BCUT2D eigenvalue weighted by Gasteiger charge is -2.36. The minimum absolute atomic E-state index is 0.207. The molecule has 0 bridgehead atoms. The molecule has 4 nitrogen and oxygen atoms in total. The maximum absolute atomic E-state index is 10.7. The molecule has 0 atom stereocenters. The van der Waals surface area contributed by atoms with Crippen LogP contribution in [0, 0.1) is 0 Å². The maximum Gasteiger partial charge on any atom is 0.153 e. The number of rotatable bonds is 3. The van der Waals surface area contributed by atoms with Crippen molar-refractivity contribution in [2.24, 2.45) is 0 Å². The summed E-state index contributed by atoms with van der Waals surface area (Å²) in [5.74, 6) is 0.776. The minimum Gasteiger partial charge on any atom is -0.381 e. The highest BCUT2D eigenvalue weighted by molar-refractivity contribution is 5.73. The summed E-state index contributed by atoms with van der Waals surface area (Å²) >= 11 is 0.